The van der Waals surface area contributed by atoms with Crippen LogP contribution in [0.1, 0.15) is 401 Å². The second-order valence-corrected chi connectivity index (χ2v) is 49.3. The summed E-state index contributed by atoms with van der Waals surface area (Å²) in [5.41, 5.74) is -9.34. The number of hydrogen-bond donors (Lipinski definition) is 8. The number of rotatable bonds is 18. The van der Waals surface area contributed by atoms with Crippen molar-refractivity contribution < 1.29 is 98.0 Å². The van der Waals surface area contributed by atoms with Crippen molar-refractivity contribution in [3.8, 4) is 0 Å². The number of carbonyl (C=O) groups excluding carboxylic acids is 6. The van der Waals surface area contributed by atoms with E-state index in [1.807, 2.05) is 104 Å². The Morgan fingerprint density at radius 3 is 0.744 bits per heavy atom. The lowest BCUT2D eigenvalue weighted by Gasteiger charge is -2.67. The van der Waals surface area contributed by atoms with Crippen molar-refractivity contribution in [1.82, 2.24) is 0 Å². The van der Waals surface area contributed by atoms with Crippen molar-refractivity contribution in [2.24, 2.45) is 91.2 Å². The van der Waals surface area contributed by atoms with Crippen molar-refractivity contribution in [2.75, 3.05) is 0 Å². The Labute approximate surface area is 701 Å². The molecule has 0 amide bonds. The van der Waals surface area contributed by atoms with Gasteiger partial charge in [-0.3, -0.25) is 28.8 Å². The molecule has 15 atom stereocenters. The lowest BCUT2D eigenvalue weighted by Crippen LogP contribution is -2.67. The van der Waals surface area contributed by atoms with Gasteiger partial charge in [-0.2, -0.15) is 0 Å². The van der Waals surface area contributed by atoms with Gasteiger partial charge >= 0.3 is 35.8 Å². The SMILES string of the molecule is CCC(C)(C)C(=O)OC12CC3(C)CC(C)(CC(O)(C3)C1)C2.CCC(C)(C)C(=O)OC12CC3CC(CC(O)(C3)C1)C2.CCC(C)(C)C(=O)OC12CC3CC(O)(CC(O)(C3)C1)C2.CCC(C)C(=O)OC12CC3(C)CC(C)(CC(O)(C3)C1)C2.CCC(C)C(=O)OC12CC3CC(CC(O)(C3)C1)C2.CCC(C)C(=O)OC12CC3CC(O)(CC(O)(C3)C1)C2. The molecule has 0 heterocycles. The number of esters is 6. The Kier molecular flexibility index (Phi) is 23.5. The highest BCUT2D eigenvalue weighted by Crippen LogP contribution is 2.72. The van der Waals surface area contributed by atoms with E-state index < -0.39 is 83.5 Å². The zero-order valence-electron chi connectivity index (χ0n) is 75.9. The summed E-state index contributed by atoms with van der Waals surface area (Å²) in [7, 11) is 0. The zero-order chi connectivity index (χ0) is 86.1. The van der Waals surface area contributed by atoms with Crippen LogP contribution in [0, 0.1) is 91.2 Å². The fourth-order valence-corrected chi connectivity index (χ4v) is 31.4. The van der Waals surface area contributed by atoms with E-state index in [-0.39, 0.29) is 98.3 Å². The molecule has 0 radical (unpaired) electrons. The van der Waals surface area contributed by atoms with Crippen molar-refractivity contribution >= 4 is 35.8 Å². The number of hydrogen-bond acceptors (Lipinski definition) is 20. The normalized spacial score (nSPS) is 47.8. The van der Waals surface area contributed by atoms with Crippen LogP contribution in [0.25, 0.3) is 0 Å². The second-order valence-electron chi connectivity index (χ2n) is 49.3. The van der Waals surface area contributed by atoms with E-state index in [4.69, 9.17) is 28.4 Å². The van der Waals surface area contributed by atoms with Crippen molar-refractivity contribution in [2.45, 2.75) is 480 Å². The van der Waals surface area contributed by atoms with Crippen molar-refractivity contribution in [1.29, 1.82) is 0 Å². The van der Waals surface area contributed by atoms with Gasteiger partial charge in [0.1, 0.15) is 33.6 Å². The number of ether oxygens (including phenoxy) is 6. The monoisotopic (exact) mass is 1640 g/mol. The summed E-state index contributed by atoms with van der Waals surface area (Å²) in [5.74, 6) is 1.94. The van der Waals surface area contributed by atoms with Crippen LogP contribution in [0.15, 0.2) is 0 Å². The molecule has 666 valence electrons. The van der Waals surface area contributed by atoms with Crippen LogP contribution < -0.4 is 0 Å². The molecule has 24 rings (SSSR count). The Morgan fingerprint density at radius 1 is 0.265 bits per heavy atom. The number of carbonyl (C=O) groups is 6. The van der Waals surface area contributed by atoms with Gasteiger partial charge in [0, 0.05) is 64.2 Å². The van der Waals surface area contributed by atoms with Crippen molar-refractivity contribution in [3.05, 3.63) is 0 Å². The van der Waals surface area contributed by atoms with Crippen molar-refractivity contribution in [3.63, 3.8) is 0 Å². The van der Waals surface area contributed by atoms with Crippen LogP contribution >= 0.6 is 0 Å². The Balaban J connectivity index is 0.000000122. The zero-order valence-corrected chi connectivity index (χ0v) is 75.9. The van der Waals surface area contributed by atoms with Gasteiger partial charge in [-0.15, -0.1) is 0 Å². The molecule has 24 saturated carbocycles. The first kappa shape index (κ1) is 91.2. The Bertz CT molecular complexity index is 3580. The molecule has 8 N–H and O–H groups in total. The maximum absolute atomic E-state index is 12.6. The van der Waals surface area contributed by atoms with Gasteiger partial charge in [0.25, 0.3) is 0 Å². The van der Waals surface area contributed by atoms with Gasteiger partial charge < -0.3 is 69.3 Å². The van der Waals surface area contributed by atoms with Crippen LogP contribution in [0.5, 0.6) is 0 Å². The summed E-state index contributed by atoms with van der Waals surface area (Å²) >= 11 is 0. The molecule has 0 spiro atoms. The molecule has 24 aliphatic carbocycles. The first-order chi connectivity index (χ1) is 53.6. The third kappa shape index (κ3) is 18.9. The molecule has 24 aliphatic rings. The summed E-state index contributed by atoms with van der Waals surface area (Å²) < 4.78 is 35.6. The molecule has 24 bridgehead atoms. The molecule has 0 saturated heterocycles. The average molecular weight is 1640 g/mol. The van der Waals surface area contributed by atoms with Gasteiger partial charge in [-0.05, 0) is 304 Å². The Morgan fingerprint density at radius 2 is 0.479 bits per heavy atom. The fourth-order valence-electron chi connectivity index (χ4n) is 31.4. The predicted octanol–water partition coefficient (Wildman–Crippen LogP) is 16.9. The van der Waals surface area contributed by atoms with Gasteiger partial charge in [0.15, 0.2) is 0 Å². The van der Waals surface area contributed by atoms with Crippen LogP contribution in [0.2, 0.25) is 0 Å². The Hall–Kier alpha value is -3.50. The minimum absolute atomic E-state index is 0.0207. The number of aliphatic hydroxyl groups is 8. The molecule has 0 aromatic heterocycles. The molecular weight excluding hydrogens is 1490 g/mol. The maximum Gasteiger partial charge on any atom is 0.312 e. The van der Waals surface area contributed by atoms with E-state index in [1.54, 1.807) is 0 Å². The molecule has 15 unspecified atom stereocenters. The lowest BCUT2D eigenvalue weighted by molar-refractivity contribution is -0.265. The smallest absolute Gasteiger partial charge is 0.312 e. The average Bonchev–Trinajstić information content (AvgIpc) is 0.694. The van der Waals surface area contributed by atoms with E-state index in [0.717, 1.165) is 193 Å². The van der Waals surface area contributed by atoms with Gasteiger partial charge in [0.2, 0.25) is 0 Å². The van der Waals surface area contributed by atoms with Crippen LogP contribution in [-0.2, 0) is 57.2 Å². The summed E-state index contributed by atoms with van der Waals surface area (Å²) in [4.78, 5) is 73.8. The molecule has 20 nitrogen and oxygen atoms in total. The summed E-state index contributed by atoms with van der Waals surface area (Å²) in [6.07, 6.45) is 34.3. The van der Waals surface area contributed by atoms with E-state index in [0.29, 0.717) is 87.9 Å². The van der Waals surface area contributed by atoms with Crippen LogP contribution in [0.4, 0.5) is 0 Å². The topological polar surface area (TPSA) is 320 Å². The van der Waals surface area contributed by atoms with E-state index in [9.17, 15) is 69.6 Å². The first-order valence-corrected chi connectivity index (χ1v) is 46.8. The predicted molar refractivity (Wildman–Crippen MR) is 443 cm³/mol. The minimum atomic E-state index is -0.842. The highest BCUT2D eigenvalue weighted by atomic mass is 16.6. The molecule has 0 aliphatic heterocycles. The summed E-state index contributed by atoms with van der Waals surface area (Å²) in [5, 5.41) is 85.6. The standard InChI is InChI=1S/C18H30O3.C17H28O3.C16H26O4.C16H26O3.C15H24O4.C15H24O3/c1-6-14(2,3)13(19)21-18-10-15(4)7-16(5,11-18)9-17(20,8-15)12-18;1-5-12(2)13(18)20-17-9-14(3)6-15(4,10-17)8-16(19,7-14)11-17;1-4-13(2,3)12(17)20-16-7-11-5-14(18,9-16)8-15(19,6-11)10-16;1-4-14(2,3)13(17)19-16-8-11-5-12(9-16)7-15(18,6-11)10-16;1-3-10(2)12(16)19-15-6-11-4-13(17,8-15)7-14(18,5-11)9-15;1-3-10(2)13(16)18-15-7-11-4-12(8-15)6-14(17,5-11)9-15/h20H,6-12H2,1-5H3;12,19H,5-11H2,1-4H3;11,18-19H,4-10H2,1-3H3;11-12,18H,4-10H2,1-3H3;10-11,17-18H,3-9H2,1-2H3;10-12,17H,3-9H2,1-2H3. The largest absolute Gasteiger partial charge is 0.459 e. The van der Waals surface area contributed by atoms with Gasteiger partial charge in [-0.1, -0.05) is 90.0 Å². The maximum atomic E-state index is 12.6. The van der Waals surface area contributed by atoms with Crippen LogP contribution in [0.3, 0.4) is 0 Å². The first-order valence-electron chi connectivity index (χ1n) is 46.8. The highest BCUT2D eigenvalue weighted by molar-refractivity contribution is 5.78. The summed E-state index contributed by atoms with van der Waals surface area (Å²) in [6, 6.07) is 0. The molecule has 24 fully saturated rings. The molecule has 117 heavy (non-hydrogen) atoms. The van der Waals surface area contributed by atoms with E-state index in [2.05, 4.69) is 27.7 Å². The second kappa shape index (κ2) is 30.1. The highest BCUT2D eigenvalue weighted by Gasteiger charge is 2.71. The third-order valence-electron chi connectivity index (χ3n) is 34.1. The minimum Gasteiger partial charge on any atom is -0.459 e. The fraction of sp³-hybridized carbons (Fsp3) is 0.938. The third-order valence-corrected chi connectivity index (χ3v) is 34.1. The molecule has 0 aromatic carbocycles. The molecule has 20 heteroatoms. The molecule has 0 aromatic rings. The van der Waals surface area contributed by atoms with Gasteiger partial charge in [0.05, 0.1) is 78.8 Å². The van der Waals surface area contributed by atoms with E-state index in [1.165, 1.54) is 12.8 Å². The molecular formula is C97H158O20. The van der Waals surface area contributed by atoms with E-state index >= 15 is 0 Å². The quantitative estimate of drug-likeness (QED) is 0.0467. The van der Waals surface area contributed by atoms with Crippen LogP contribution in [-0.4, -0.2) is 155 Å². The lowest BCUT2D eigenvalue weighted by atomic mass is 9.42. The summed E-state index contributed by atoms with van der Waals surface area (Å²) in [6.45, 7) is 38.4. The van der Waals surface area contributed by atoms with Gasteiger partial charge in [-0.25, -0.2) is 0 Å².